The first-order valence-electron chi connectivity index (χ1n) is 12.2. The molecule has 5 heterocycles. The maximum Gasteiger partial charge on any atom is 0.256 e. The maximum atomic E-state index is 13.2. The molecule has 0 aliphatic carbocycles. The highest BCUT2D eigenvalue weighted by Gasteiger charge is 2.44. The zero-order valence-electron chi connectivity index (χ0n) is 20.4. The first kappa shape index (κ1) is 23.6. The van der Waals surface area contributed by atoms with Gasteiger partial charge in [-0.05, 0) is 31.9 Å². The molecule has 190 valence electrons. The van der Waals surface area contributed by atoms with Gasteiger partial charge < -0.3 is 20.7 Å². The van der Waals surface area contributed by atoms with Crippen LogP contribution in [-0.2, 0) is 9.53 Å². The lowest BCUT2D eigenvalue weighted by molar-refractivity contribution is -0.169. The molecular formula is C26H27N7O3S. The highest BCUT2D eigenvalue weighted by Crippen LogP contribution is 2.36. The van der Waals surface area contributed by atoms with Gasteiger partial charge >= 0.3 is 0 Å². The number of ether oxygens (including phenoxy) is 1. The van der Waals surface area contributed by atoms with Gasteiger partial charge in [0.2, 0.25) is 5.91 Å². The number of carbonyl (C=O) groups is 2. The van der Waals surface area contributed by atoms with E-state index in [0.717, 1.165) is 36.3 Å². The molecule has 37 heavy (non-hydrogen) atoms. The van der Waals surface area contributed by atoms with Gasteiger partial charge in [-0.1, -0.05) is 12.1 Å². The van der Waals surface area contributed by atoms with Crippen LogP contribution in [0.4, 0.5) is 11.6 Å². The third-order valence-electron chi connectivity index (χ3n) is 7.14. The number of nitrogens with one attached hydrogen (secondary N) is 1. The Kier molecular flexibility index (Phi) is 5.88. The van der Waals surface area contributed by atoms with Gasteiger partial charge in [0, 0.05) is 47.9 Å². The summed E-state index contributed by atoms with van der Waals surface area (Å²) in [5.41, 5.74) is 10.3. The quantitative estimate of drug-likeness (QED) is 0.415. The minimum atomic E-state index is -0.427. The number of nitrogens with two attached hydrogens (primary N) is 1. The van der Waals surface area contributed by atoms with Crippen molar-refractivity contribution in [3.63, 3.8) is 0 Å². The molecule has 2 aliphatic rings. The highest BCUT2D eigenvalue weighted by molar-refractivity contribution is 7.07. The van der Waals surface area contributed by atoms with Crippen LogP contribution < -0.4 is 11.1 Å². The van der Waals surface area contributed by atoms with E-state index in [2.05, 4.69) is 15.3 Å². The van der Waals surface area contributed by atoms with Crippen LogP contribution in [0.1, 0.15) is 41.9 Å². The molecule has 0 bridgehead atoms. The second kappa shape index (κ2) is 9.24. The predicted molar refractivity (Wildman–Crippen MR) is 140 cm³/mol. The molecule has 1 unspecified atom stereocenters. The van der Waals surface area contributed by atoms with Crippen molar-refractivity contribution < 1.29 is 14.3 Å². The SMILES string of the molecule is CC1(C(=O)N2CCCC(c3nc(-c4ccc(C(=O)Nc5cscn5)cc4)c4c(N)nccn34)C2)COC1. The summed E-state index contributed by atoms with van der Waals surface area (Å²) in [6.07, 6.45) is 5.37. The van der Waals surface area contributed by atoms with Crippen molar-refractivity contribution in [3.05, 3.63) is 58.9 Å². The first-order valence-corrected chi connectivity index (χ1v) is 13.2. The van der Waals surface area contributed by atoms with Gasteiger partial charge in [0.05, 0.1) is 24.1 Å². The van der Waals surface area contributed by atoms with E-state index in [9.17, 15) is 9.59 Å². The van der Waals surface area contributed by atoms with Gasteiger partial charge in [-0.25, -0.2) is 15.0 Å². The lowest BCUT2D eigenvalue weighted by Crippen LogP contribution is -2.55. The van der Waals surface area contributed by atoms with Gasteiger partial charge in [-0.3, -0.25) is 14.0 Å². The zero-order valence-corrected chi connectivity index (χ0v) is 21.2. The summed E-state index contributed by atoms with van der Waals surface area (Å²) in [5, 5.41) is 4.56. The van der Waals surface area contributed by atoms with E-state index in [1.807, 2.05) is 34.6 Å². The van der Waals surface area contributed by atoms with Crippen LogP contribution in [-0.4, -0.2) is 62.4 Å². The molecule has 3 N–H and O–H groups in total. The molecule has 6 rings (SSSR count). The number of imidazole rings is 1. The number of nitrogen functional groups attached to an aromatic ring is 1. The van der Waals surface area contributed by atoms with Crippen molar-refractivity contribution in [2.75, 3.05) is 37.4 Å². The van der Waals surface area contributed by atoms with E-state index in [1.165, 1.54) is 11.3 Å². The maximum absolute atomic E-state index is 13.2. The lowest BCUT2D eigenvalue weighted by atomic mass is 9.85. The van der Waals surface area contributed by atoms with Crippen molar-refractivity contribution in [3.8, 4) is 11.3 Å². The molecule has 11 heteroatoms. The summed E-state index contributed by atoms with van der Waals surface area (Å²) >= 11 is 1.42. The Bertz CT molecular complexity index is 1460. The number of hydrogen-bond acceptors (Lipinski definition) is 8. The number of nitrogens with zero attached hydrogens (tertiary/aromatic N) is 5. The van der Waals surface area contributed by atoms with Crippen molar-refractivity contribution in [1.29, 1.82) is 0 Å². The summed E-state index contributed by atoms with van der Waals surface area (Å²) < 4.78 is 7.31. The van der Waals surface area contributed by atoms with Crippen LogP contribution in [0.5, 0.6) is 0 Å². The van der Waals surface area contributed by atoms with Gasteiger partial charge in [-0.15, -0.1) is 11.3 Å². The Morgan fingerprint density at radius 1 is 1.22 bits per heavy atom. The smallest absolute Gasteiger partial charge is 0.256 e. The second-order valence-electron chi connectivity index (χ2n) is 9.90. The molecule has 0 radical (unpaired) electrons. The van der Waals surface area contributed by atoms with Crippen molar-refractivity contribution in [2.24, 2.45) is 5.41 Å². The zero-order chi connectivity index (χ0) is 25.6. The van der Waals surface area contributed by atoms with Crippen LogP contribution in [0, 0.1) is 5.41 Å². The summed E-state index contributed by atoms with van der Waals surface area (Å²) in [6, 6.07) is 7.25. The van der Waals surface area contributed by atoms with Crippen LogP contribution in [0.25, 0.3) is 16.8 Å². The molecule has 2 fully saturated rings. The van der Waals surface area contributed by atoms with E-state index < -0.39 is 5.41 Å². The van der Waals surface area contributed by atoms with Crippen LogP contribution >= 0.6 is 11.3 Å². The molecule has 2 amide bonds. The fourth-order valence-corrected chi connectivity index (χ4v) is 5.59. The standard InChI is InChI=1S/C26H27N7O3S/c1-26(13-36-14-26)25(35)32-9-2-3-18(11-32)23-31-20(21-22(27)28-8-10-33(21)23)16-4-6-17(7-5-16)24(34)30-19-12-37-15-29-19/h4-8,10,12,15,18H,2-3,9,11,13-14H2,1H3,(H2,27,28)(H,30,34). The molecule has 1 aromatic carbocycles. The summed E-state index contributed by atoms with van der Waals surface area (Å²) in [7, 11) is 0. The molecule has 10 nitrogen and oxygen atoms in total. The number of thiazole rings is 1. The summed E-state index contributed by atoms with van der Waals surface area (Å²) in [6.45, 7) is 4.27. The van der Waals surface area contributed by atoms with E-state index in [0.29, 0.717) is 42.7 Å². The minimum Gasteiger partial charge on any atom is -0.382 e. The number of likely N-dealkylation sites (tertiary alicyclic amines) is 1. The Labute approximate surface area is 217 Å². The average Bonchev–Trinajstić information content (AvgIpc) is 3.56. The monoisotopic (exact) mass is 517 g/mol. The third-order valence-corrected chi connectivity index (χ3v) is 7.72. The Morgan fingerprint density at radius 3 is 2.73 bits per heavy atom. The number of carbonyl (C=O) groups excluding carboxylic acids is 2. The Hall–Kier alpha value is -3.83. The third kappa shape index (κ3) is 4.23. The number of hydrogen-bond donors (Lipinski definition) is 2. The fourth-order valence-electron chi connectivity index (χ4n) is 5.10. The second-order valence-corrected chi connectivity index (χ2v) is 10.6. The van der Waals surface area contributed by atoms with Crippen LogP contribution in [0.2, 0.25) is 0 Å². The average molecular weight is 518 g/mol. The van der Waals surface area contributed by atoms with Gasteiger partial charge in [-0.2, -0.15) is 0 Å². The fraction of sp³-hybridized carbons (Fsp3) is 0.346. The molecule has 3 aromatic heterocycles. The van der Waals surface area contributed by atoms with E-state index in [4.69, 9.17) is 15.5 Å². The van der Waals surface area contributed by atoms with Crippen molar-refractivity contribution in [1.82, 2.24) is 24.3 Å². The first-order chi connectivity index (χ1) is 17.9. The van der Waals surface area contributed by atoms with Gasteiger partial charge in [0.15, 0.2) is 0 Å². The van der Waals surface area contributed by atoms with Crippen LogP contribution in [0.15, 0.2) is 47.5 Å². The number of benzene rings is 1. The topological polar surface area (TPSA) is 128 Å². The minimum absolute atomic E-state index is 0.0634. The molecule has 1 atom stereocenters. The molecule has 0 spiro atoms. The van der Waals surface area contributed by atoms with Crippen LogP contribution in [0.3, 0.4) is 0 Å². The number of amides is 2. The number of rotatable bonds is 5. The molecular weight excluding hydrogens is 490 g/mol. The summed E-state index contributed by atoms with van der Waals surface area (Å²) in [4.78, 5) is 41.1. The normalized spacial score (nSPS) is 18.9. The number of piperidine rings is 1. The van der Waals surface area contributed by atoms with E-state index >= 15 is 0 Å². The molecule has 2 aliphatic heterocycles. The van der Waals surface area contributed by atoms with Gasteiger partial charge in [0.25, 0.3) is 5.91 Å². The van der Waals surface area contributed by atoms with Crippen molar-refractivity contribution >= 4 is 40.3 Å². The lowest BCUT2D eigenvalue weighted by Gasteiger charge is -2.42. The largest absolute Gasteiger partial charge is 0.382 e. The number of aromatic nitrogens is 4. The van der Waals surface area contributed by atoms with E-state index in [-0.39, 0.29) is 17.7 Å². The number of anilines is 2. The van der Waals surface area contributed by atoms with Crippen molar-refractivity contribution in [2.45, 2.75) is 25.7 Å². The Balaban J connectivity index is 1.30. The predicted octanol–water partition coefficient (Wildman–Crippen LogP) is 3.43. The molecule has 2 saturated heterocycles. The summed E-state index contributed by atoms with van der Waals surface area (Å²) in [5.74, 6) is 1.75. The number of fused-ring (bicyclic) bond motifs is 1. The van der Waals surface area contributed by atoms with Gasteiger partial charge in [0.1, 0.15) is 28.7 Å². The highest BCUT2D eigenvalue weighted by atomic mass is 32.1. The van der Waals surface area contributed by atoms with E-state index in [1.54, 1.807) is 29.2 Å². The molecule has 0 saturated carbocycles. The Morgan fingerprint density at radius 2 is 2.03 bits per heavy atom. The molecule has 4 aromatic rings.